The molecule has 1 N–H and O–H groups in total. The number of nitrogens with zero attached hydrogens (tertiary/aromatic N) is 1. The molecule has 7 nitrogen and oxygen atoms in total. The fourth-order valence-corrected chi connectivity index (χ4v) is 2.72. The first kappa shape index (κ1) is 19.6. The van der Waals surface area contributed by atoms with Crippen LogP contribution in [0.15, 0.2) is 36.4 Å². The molecule has 0 radical (unpaired) electrons. The topological polar surface area (TPSA) is 77.1 Å². The molecule has 1 aliphatic heterocycles. The molecule has 8 heteroatoms. The number of fused-ring (bicyclic) bond motifs is 1. The summed E-state index contributed by atoms with van der Waals surface area (Å²) in [5, 5.41) is 2.73. The number of nitrogens with one attached hydrogen (secondary N) is 1. The lowest BCUT2D eigenvalue weighted by Gasteiger charge is -2.17. The van der Waals surface area contributed by atoms with Gasteiger partial charge in [0.15, 0.2) is 28.8 Å². The van der Waals surface area contributed by atoms with Crippen molar-refractivity contribution in [2.45, 2.75) is 6.92 Å². The molecule has 0 aliphatic carbocycles. The summed E-state index contributed by atoms with van der Waals surface area (Å²) in [4.78, 5) is 25.9. The molecule has 0 saturated heterocycles. The van der Waals surface area contributed by atoms with Crippen molar-refractivity contribution in [3.63, 3.8) is 0 Å². The highest BCUT2D eigenvalue weighted by Gasteiger charge is 2.20. The number of likely N-dealkylation sites (N-methyl/N-ethyl adjacent to an activating group) is 1. The van der Waals surface area contributed by atoms with E-state index in [0.29, 0.717) is 29.3 Å². The van der Waals surface area contributed by atoms with Crippen LogP contribution in [0.4, 0.5) is 10.1 Å². The third-order valence-electron chi connectivity index (χ3n) is 4.15. The number of ketones is 1. The van der Waals surface area contributed by atoms with Crippen molar-refractivity contribution in [3.8, 4) is 17.2 Å². The van der Waals surface area contributed by atoms with Gasteiger partial charge in [-0.25, -0.2) is 4.39 Å². The second kappa shape index (κ2) is 8.71. The Hall–Kier alpha value is -3.13. The van der Waals surface area contributed by atoms with Gasteiger partial charge in [-0.15, -0.1) is 0 Å². The van der Waals surface area contributed by atoms with E-state index in [-0.39, 0.29) is 37.4 Å². The molecule has 3 rings (SSSR count). The lowest BCUT2D eigenvalue weighted by atomic mass is 10.1. The number of hydrogen-bond donors (Lipinski definition) is 1. The molecule has 0 atom stereocenters. The van der Waals surface area contributed by atoms with Crippen molar-refractivity contribution in [3.05, 3.63) is 47.8 Å². The first-order chi connectivity index (χ1) is 13.4. The van der Waals surface area contributed by atoms with Gasteiger partial charge in [-0.3, -0.25) is 14.5 Å². The zero-order valence-corrected chi connectivity index (χ0v) is 15.7. The molecule has 0 unspecified atom stereocenters. The summed E-state index contributed by atoms with van der Waals surface area (Å²) in [7, 11) is 1.75. The Kier molecular flexibility index (Phi) is 6.10. The first-order valence-electron chi connectivity index (χ1n) is 8.74. The molecule has 1 heterocycles. The summed E-state index contributed by atoms with van der Waals surface area (Å²) in [5.41, 5.74) is 0.723. The number of amides is 1. The van der Waals surface area contributed by atoms with Gasteiger partial charge in [-0.2, -0.15) is 0 Å². The van der Waals surface area contributed by atoms with E-state index in [1.165, 1.54) is 13.0 Å². The van der Waals surface area contributed by atoms with Crippen LogP contribution in [0.5, 0.6) is 17.2 Å². The van der Waals surface area contributed by atoms with Crippen LogP contribution in [-0.2, 0) is 4.79 Å². The zero-order chi connectivity index (χ0) is 20.1. The Morgan fingerprint density at radius 2 is 1.93 bits per heavy atom. The number of halogens is 1. The number of para-hydroxylation sites is 1. The molecule has 28 heavy (non-hydrogen) atoms. The summed E-state index contributed by atoms with van der Waals surface area (Å²) < 4.78 is 29.5. The number of anilines is 1. The minimum atomic E-state index is -0.428. The fourth-order valence-electron chi connectivity index (χ4n) is 2.72. The van der Waals surface area contributed by atoms with Gasteiger partial charge >= 0.3 is 0 Å². The van der Waals surface area contributed by atoms with Crippen LogP contribution in [0.1, 0.15) is 17.3 Å². The largest absolute Gasteiger partial charge is 0.489 e. The van der Waals surface area contributed by atoms with Crippen molar-refractivity contribution in [2.24, 2.45) is 0 Å². The highest BCUT2D eigenvalue weighted by atomic mass is 19.1. The highest BCUT2D eigenvalue weighted by molar-refractivity contribution is 6.05. The van der Waals surface area contributed by atoms with Gasteiger partial charge in [0, 0.05) is 18.2 Å². The molecule has 2 aromatic carbocycles. The van der Waals surface area contributed by atoms with E-state index in [1.807, 2.05) is 0 Å². The summed E-state index contributed by atoms with van der Waals surface area (Å²) in [6, 6.07) is 9.29. The molecular formula is C20H21FN2O5. The van der Waals surface area contributed by atoms with E-state index in [1.54, 1.807) is 42.3 Å². The van der Waals surface area contributed by atoms with Crippen LogP contribution in [0.2, 0.25) is 0 Å². The number of carbonyl (C=O) groups excluding carboxylic acids is 2. The van der Waals surface area contributed by atoms with Gasteiger partial charge < -0.3 is 19.5 Å². The number of Topliss-reactive ketones (excluding diaryl/α,β-unsaturated/α-hetero) is 1. The van der Waals surface area contributed by atoms with Crippen molar-refractivity contribution in [1.29, 1.82) is 0 Å². The minimum Gasteiger partial charge on any atom is -0.489 e. The SMILES string of the molecule is CC(=O)c1cc2c(cc1NC(=O)CN(C)CCOc1ccccc1F)OCO2. The standard InChI is InChI=1S/C20H21FN2O5/c1-13(24)14-9-18-19(28-12-27-18)10-16(14)22-20(25)11-23(2)7-8-26-17-6-4-3-5-15(17)21/h3-6,9-10H,7-8,11-12H2,1-2H3,(H,22,25). The van der Waals surface area contributed by atoms with Gasteiger partial charge in [-0.05, 0) is 32.2 Å². The fraction of sp³-hybridized carbons (Fsp3) is 0.300. The molecule has 1 amide bonds. The average Bonchev–Trinajstić information content (AvgIpc) is 3.09. The van der Waals surface area contributed by atoms with Gasteiger partial charge in [0.05, 0.1) is 12.2 Å². The molecule has 0 fully saturated rings. The average molecular weight is 388 g/mol. The Labute approximate surface area is 162 Å². The third kappa shape index (κ3) is 4.77. The predicted octanol–water partition coefficient (Wildman–Crippen LogP) is 2.71. The van der Waals surface area contributed by atoms with Gasteiger partial charge in [0.25, 0.3) is 0 Å². The molecule has 0 aromatic heterocycles. The second-order valence-corrected chi connectivity index (χ2v) is 6.37. The van der Waals surface area contributed by atoms with E-state index in [9.17, 15) is 14.0 Å². The predicted molar refractivity (Wildman–Crippen MR) is 101 cm³/mol. The molecule has 0 spiro atoms. The lowest BCUT2D eigenvalue weighted by Crippen LogP contribution is -2.33. The first-order valence-corrected chi connectivity index (χ1v) is 8.74. The van der Waals surface area contributed by atoms with E-state index in [0.717, 1.165) is 0 Å². The summed E-state index contributed by atoms with van der Waals surface area (Å²) in [6.07, 6.45) is 0. The number of carbonyl (C=O) groups is 2. The van der Waals surface area contributed by atoms with Crippen molar-refractivity contribution in [1.82, 2.24) is 4.90 Å². The maximum Gasteiger partial charge on any atom is 0.238 e. The van der Waals surface area contributed by atoms with Gasteiger partial charge in [-0.1, -0.05) is 12.1 Å². The van der Waals surface area contributed by atoms with Crippen molar-refractivity contribution >= 4 is 17.4 Å². The molecule has 148 valence electrons. The van der Waals surface area contributed by atoms with E-state index in [2.05, 4.69) is 5.32 Å². The smallest absolute Gasteiger partial charge is 0.238 e. The van der Waals surface area contributed by atoms with Crippen LogP contribution in [0.3, 0.4) is 0 Å². The van der Waals surface area contributed by atoms with E-state index >= 15 is 0 Å². The monoisotopic (exact) mass is 388 g/mol. The van der Waals surface area contributed by atoms with Crippen LogP contribution < -0.4 is 19.5 Å². The molecule has 0 bridgehead atoms. The van der Waals surface area contributed by atoms with Crippen molar-refractivity contribution in [2.75, 3.05) is 38.9 Å². The van der Waals surface area contributed by atoms with Gasteiger partial charge in [0.1, 0.15) is 6.61 Å². The molecule has 2 aromatic rings. The van der Waals surface area contributed by atoms with Crippen LogP contribution in [0.25, 0.3) is 0 Å². The van der Waals surface area contributed by atoms with Crippen LogP contribution >= 0.6 is 0 Å². The quantitative estimate of drug-likeness (QED) is 0.701. The number of benzene rings is 2. The Balaban J connectivity index is 1.54. The van der Waals surface area contributed by atoms with Crippen molar-refractivity contribution < 1.29 is 28.2 Å². The molecule has 0 saturated carbocycles. The molecular weight excluding hydrogens is 367 g/mol. The van der Waals surface area contributed by atoms with Crippen LogP contribution in [-0.4, -0.2) is 50.1 Å². The normalized spacial score (nSPS) is 12.1. The minimum absolute atomic E-state index is 0.0758. The molecule has 1 aliphatic rings. The number of rotatable bonds is 8. The summed E-state index contributed by atoms with van der Waals surface area (Å²) in [6.45, 7) is 2.22. The zero-order valence-electron chi connectivity index (χ0n) is 15.7. The van der Waals surface area contributed by atoms with Gasteiger partial charge in [0.2, 0.25) is 12.7 Å². The number of ether oxygens (including phenoxy) is 3. The van der Waals surface area contributed by atoms with E-state index < -0.39 is 5.82 Å². The Morgan fingerprint density at radius 1 is 1.21 bits per heavy atom. The summed E-state index contributed by atoms with van der Waals surface area (Å²) in [5.74, 6) is 0.210. The van der Waals surface area contributed by atoms with Crippen LogP contribution in [0, 0.1) is 5.82 Å². The van der Waals surface area contributed by atoms with E-state index in [4.69, 9.17) is 14.2 Å². The maximum atomic E-state index is 13.5. The Morgan fingerprint density at radius 3 is 2.64 bits per heavy atom. The third-order valence-corrected chi connectivity index (χ3v) is 4.15. The summed E-state index contributed by atoms with van der Waals surface area (Å²) >= 11 is 0. The maximum absolute atomic E-state index is 13.5. The highest BCUT2D eigenvalue weighted by Crippen LogP contribution is 2.37. The Bertz CT molecular complexity index is 887. The second-order valence-electron chi connectivity index (χ2n) is 6.37. The lowest BCUT2D eigenvalue weighted by molar-refractivity contribution is -0.117. The number of hydrogen-bond acceptors (Lipinski definition) is 6.